The van der Waals surface area contributed by atoms with Crippen molar-refractivity contribution < 1.29 is 27.1 Å². The van der Waals surface area contributed by atoms with Gasteiger partial charge in [0, 0.05) is 11.1 Å². The lowest BCUT2D eigenvalue weighted by molar-refractivity contribution is 0.0512. The van der Waals surface area contributed by atoms with Gasteiger partial charge in [-0.1, -0.05) is 60.7 Å². The molecule has 0 radical (unpaired) electrons. The van der Waals surface area contributed by atoms with Crippen LogP contribution in [0.4, 0.5) is 17.6 Å². The van der Waals surface area contributed by atoms with Crippen molar-refractivity contribution in [1.82, 2.24) is 9.78 Å². The molecule has 0 fully saturated rings. The Labute approximate surface area is 180 Å². The molecule has 4 rings (SSSR count). The molecule has 0 N–H and O–H groups in total. The van der Waals surface area contributed by atoms with Gasteiger partial charge in [-0.25, -0.2) is 27.0 Å². The first-order valence-corrected chi connectivity index (χ1v) is 9.68. The van der Waals surface area contributed by atoms with Crippen LogP contribution in [-0.4, -0.2) is 22.4 Å². The first-order chi connectivity index (χ1) is 15.4. The van der Waals surface area contributed by atoms with Crippen LogP contribution in [0, 0.1) is 23.3 Å². The summed E-state index contributed by atoms with van der Waals surface area (Å²) in [5.74, 6) is -8.72. The predicted octanol–water partition coefficient (Wildman–Crippen LogP) is 5.94. The van der Waals surface area contributed by atoms with Gasteiger partial charge in [-0.2, -0.15) is 5.10 Å². The molecule has 0 aliphatic heterocycles. The smallest absolute Gasteiger partial charge is 0.344 e. The van der Waals surface area contributed by atoms with Crippen LogP contribution in [0.5, 0.6) is 0 Å². The number of carbonyl (C=O) groups excluding carboxylic acids is 1. The van der Waals surface area contributed by atoms with E-state index in [2.05, 4.69) is 9.84 Å². The third-order valence-corrected chi connectivity index (χ3v) is 4.78. The molecule has 0 saturated carbocycles. The van der Waals surface area contributed by atoms with Crippen LogP contribution >= 0.6 is 0 Å². The second-order valence-electron chi connectivity index (χ2n) is 6.76. The Kier molecular flexibility index (Phi) is 5.77. The van der Waals surface area contributed by atoms with Crippen LogP contribution in [0.2, 0.25) is 0 Å². The number of halogens is 4. The number of aromatic nitrogens is 2. The van der Waals surface area contributed by atoms with Gasteiger partial charge in [0.25, 0.3) is 0 Å². The summed E-state index contributed by atoms with van der Waals surface area (Å²) in [5, 5.41) is 4.23. The molecule has 0 saturated heterocycles. The van der Waals surface area contributed by atoms with Crippen molar-refractivity contribution in [1.29, 1.82) is 0 Å². The number of hydrogen-bond acceptors (Lipinski definition) is 3. The summed E-state index contributed by atoms with van der Waals surface area (Å²) in [6.07, 6.45) is 0. The number of hydrogen-bond donors (Lipinski definition) is 0. The highest BCUT2D eigenvalue weighted by Gasteiger charge is 2.32. The molecule has 0 bridgehead atoms. The average Bonchev–Trinajstić information content (AvgIpc) is 3.24. The van der Waals surface area contributed by atoms with E-state index < -0.39 is 40.5 Å². The van der Waals surface area contributed by atoms with Gasteiger partial charge in [-0.3, -0.25) is 0 Å². The van der Waals surface area contributed by atoms with Crippen molar-refractivity contribution in [3.8, 4) is 28.2 Å². The van der Waals surface area contributed by atoms with E-state index in [0.29, 0.717) is 16.8 Å². The van der Waals surface area contributed by atoms with Crippen molar-refractivity contribution in [2.45, 2.75) is 6.92 Å². The molecule has 162 valence electrons. The molecule has 32 heavy (non-hydrogen) atoms. The highest BCUT2D eigenvalue weighted by atomic mass is 19.2. The van der Waals surface area contributed by atoms with E-state index in [-0.39, 0.29) is 12.3 Å². The molecule has 3 aromatic carbocycles. The summed E-state index contributed by atoms with van der Waals surface area (Å²) < 4.78 is 64.8. The third-order valence-electron chi connectivity index (χ3n) is 4.78. The minimum Gasteiger partial charge on any atom is -0.462 e. The lowest BCUT2D eigenvalue weighted by Crippen LogP contribution is -2.17. The minimum absolute atomic E-state index is 0.199. The maximum atomic E-state index is 15.0. The Hall–Kier alpha value is -3.94. The van der Waals surface area contributed by atoms with Crippen LogP contribution in [0.25, 0.3) is 28.2 Å². The summed E-state index contributed by atoms with van der Waals surface area (Å²) in [6, 6.07) is 18.8. The molecular weight excluding hydrogens is 424 g/mol. The normalized spacial score (nSPS) is 10.9. The van der Waals surface area contributed by atoms with Crippen molar-refractivity contribution in [2.24, 2.45) is 0 Å². The second kappa shape index (κ2) is 8.66. The fraction of sp³-hybridized carbons (Fsp3) is 0.0833. The molecular formula is C24H16F4N2O2. The number of rotatable bonds is 5. The van der Waals surface area contributed by atoms with Crippen LogP contribution in [0.1, 0.15) is 17.3 Å². The van der Waals surface area contributed by atoms with E-state index in [9.17, 15) is 13.6 Å². The van der Waals surface area contributed by atoms with E-state index >= 15 is 8.78 Å². The molecule has 0 amide bonds. The van der Waals surface area contributed by atoms with Gasteiger partial charge in [0.2, 0.25) is 0 Å². The van der Waals surface area contributed by atoms with E-state index in [0.717, 1.165) is 4.68 Å². The van der Waals surface area contributed by atoms with Gasteiger partial charge in [0.15, 0.2) is 23.3 Å². The highest BCUT2D eigenvalue weighted by Crippen LogP contribution is 2.33. The van der Waals surface area contributed by atoms with Crippen molar-refractivity contribution in [3.63, 3.8) is 0 Å². The average molecular weight is 440 g/mol. The first-order valence-electron chi connectivity index (χ1n) is 9.68. The third kappa shape index (κ3) is 3.64. The molecule has 0 aliphatic rings. The maximum absolute atomic E-state index is 15.0. The SMILES string of the molecule is CCOC(=O)c1c(F)c(F)c(-n2nc(-c3ccccc3)cc2-c2ccccc2)c(F)c1F. The van der Waals surface area contributed by atoms with Crippen molar-refractivity contribution in [2.75, 3.05) is 6.61 Å². The minimum atomic E-state index is -1.85. The van der Waals surface area contributed by atoms with Gasteiger partial charge >= 0.3 is 5.97 Å². The Bertz CT molecular complexity index is 1260. The van der Waals surface area contributed by atoms with Gasteiger partial charge in [0.1, 0.15) is 11.3 Å². The lowest BCUT2D eigenvalue weighted by atomic mass is 10.1. The Balaban J connectivity index is 1.99. The zero-order valence-corrected chi connectivity index (χ0v) is 16.8. The summed E-state index contributed by atoms with van der Waals surface area (Å²) in [4.78, 5) is 11.9. The molecule has 1 heterocycles. The topological polar surface area (TPSA) is 44.1 Å². The first kappa shape index (κ1) is 21.3. The van der Waals surface area contributed by atoms with Gasteiger partial charge < -0.3 is 4.74 Å². The van der Waals surface area contributed by atoms with Crippen LogP contribution in [-0.2, 0) is 4.74 Å². The standard InChI is InChI=1S/C24H16F4N2O2/c1-2-32-24(31)18-19(25)21(27)23(22(28)20(18)26)30-17(15-11-7-4-8-12-15)13-16(29-30)14-9-5-3-6-10-14/h3-13H,2H2,1H3. The Morgan fingerprint density at radius 3 is 1.91 bits per heavy atom. The van der Waals surface area contributed by atoms with Gasteiger partial charge in [-0.15, -0.1) is 0 Å². The quantitative estimate of drug-likeness (QED) is 0.219. The number of esters is 1. The molecule has 8 heteroatoms. The van der Waals surface area contributed by atoms with Gasteiger partial charge in [-0.05, 0) is 13.0 Å². The number of carbonyl (C=O) groups is 1. The fourth-order valence-electron chi connectivity index (χ4n) is 3.30. The molecule has 0 aliphatic carbocycles. The summed E-state index contributed by atoms with van der Waals surface area (Å²) in [5.41, 5.74) is -0.829. The zero-order chi connectivity index (χ0) is 22.8. The molecule has 4 nitrogen and oxygen atoms in total. The summed E-state index contributed by atoms with van der Waals surface area (Å²) in [7, 11) is 0. The van der Waals surface area contributed by atoms with E-state index in [1.54, 1.807) is 66.7 Å². The largest absolute Gasteiger partial charge is 0.462 e. The summed E-state index contributed by atoms with van der Waals surface area (Å²) >= 11 is 0. The van der Waals surface area contributed by atoms with Crippen molar-refractivity contribution >= 4 is 5.97 Å². The molecule has 1 aromatic heterocycles. The van der Waals surface area contributed by atoms with Gasteiger partial charge in [0.05, 0.1) is 18.0 Å². The zero-order valence-electron chi connectivity index (χ0n) is 16.8. The van der Waals surface area contributed by atoms with Crippen LogP contribution in [0.15, 0.2) is 66.7 Å². The molecule has 0 unspecified atom stereocenters. The van der Waals surface area contributed by atoms with E-state index in [1.165, 1.54) is 6.92 Å². The monoisotopic (exact) mass is 440 g/mol. The lowest BCUT2D eigenvalue weighted by Gasteiger charge is -2.13. The Morgan fingerprint density at radius 1 is 0.844 bits per heavy atom. The van der Waals surface area contributed by atoms with Crippen LogP contribution in [0.3, 0.4) is 0 Å². The number of benzene rings is 3. The number of ether oxygens (including phenoxy) is 1. The molecule has 0 spiro atoms. The summed E-state index contributed by atoms with van der Waals surface area (Å²) in [6.45, 7) is 1.18. The van der Waals surface area contributed by atoms with Crippen molar-refractivity contribution in [3.05, 3.63) is 95.6 Å². The second-order valence-corrected chi connectivity index (χ2v) is 6.76. The number of nitrogens with zero attached hydrogens (tertiary/aromatic N) is 2. The Morgan fingerprint density at radius 2 is 1.38 bits per heavy atom. The van der Waals surface area contributed by atoms with Crippen LogP contribution < -0.4 is 0 Å². The van der Waals surface area contributed by atoms with E-state index in [4.69, 9.17) is 0 Å². The molecule has 0 atom stereocenters. The highest BCUT2D eigenvalue weighted by molar-refractivity contribution is 5.90. The fourth-order valence-corrected chi connectivity index (χ4v) is 3.30. The molecule has 4 aromatic rings. The van der Waals surface area contributed by atoms with E-state index in [1.807, 2.05) is 0 Å². The maximum Gasteiger partial charge on any atom is 0.344 e. The predicted molar refractivity (Wildman–Crippen MR) is 110 cm³/mol.